The number of carbonyl (C=O) groups excluding carboxylic acids is 2. The molecule has 0 spiro atoms. The minimum Gasteiger partial charge on any atom is -0.486 e. The molecule has 2 aromatic carbocycles. The second-order valence-electron chi connectivity index (χ2n) is 6.30. The average Bonchev–Trinajstić information content (AvgIpc) is 2.68. The second-order valence-corrected chi connectivity index (χ2v) is 7.35. The molecule has 28 heavy (non-hydrogen) atoms. The van der Waals surface area contributed by atoms with Gasteiger partial charge in [-0.3, -0.25) is 20.4 Å². The summed E-state index contributed by atoms with van der Waals surface area (Å²) < 4.78 is 16.4. The van der Waals surface area contributed by atoms with Crippen molar-refractivity contribution in [2.45, 2.75) is 18.7 Å². The first-order valence-electron chi connectivity index (χ1n) is 8.81. The third-order valence-electron chi connectivity index (χ3n) is 3.79. The van der Waals surface area contributed by atoms with Gasteiger partial charge in [-0.2, -0.15) is 0 Å². The maximum atomic E-state index is 11.9. The minimum atomic E-state index is -0.433. The van der Waals surface area contributed by atoms with E-state index >= 15 is 0 Å². The zero-order valence-electron chi connectivity index (χ0n) is 15.7. The Bertz CT molecular complexity index is 851. The Morgan fingerprint density at radius 3 is 2.39 bits per heavy atom. The third kappa shape index (κ3) is 5.82. The van der Waals surface area contributed by atoms with Crippen LogP contribution in [0.3, 0.4) is 0 Å². The van der Waals surface area contributed by atoms with Crippen molar-refractivity contribution >= 4 is 23.6 Å². The van der Waals surface area contributed by atoms with Crippen LogP contribution in [0, 0.1) is 13.8 Å². The van der Waals surface area contributed by atoms with E-state index < -0.39 is 5.91 Å². The number of nitrogens with one attached hydrogen (secondary N) is 2. The van der Waals surface area contributed by atoms with Gasteiger partial charge in [0.05, 0.1) is 5.75 Å². The van der Waals surface area contributed by atoms with Crippen LogP contribution < -0.4 is 25.1 Å². The van der Waals surface area contributed by atoms with E-state index in [0.717, 1.165) is 16.0 Å². The Morgan fingerprint density at radius 1 is 0.964 bits per heavy atom. The standard InChI is InChI=1S/C20H22N2O5S/c1-13-7-14(2)9-15(8-13)27-11-19(23)21-22-20(24)12-28-16-3-4-17-18(10-16)26-6-5-25-17/h3-4,7-10H,5-6,11-12H2,1-2H3,(H,21,23)(H,22,24). The van der Waals surface area contributed by atoms with Gasteiger partial charge in [0.25, 0.3) is 5.91 Å². The van der Waals surface area contributed by atoms with Crippen LogP contribution >= 0.6 is 11.8 Å². The van der Waals surface area contributed by atoms with Gasteiger partial charge in [0.2, 0.25) is 5.91 Å². The molecule has 0 saturated carbocycles. The normalized spacial score (nSPS) is 12.2. The molecule has 0 aromatic heterocycles. The number of benzene rings is 2. The topological polar surface area (TPSA) is 85.9 Å². The van der Waals surface area contributed by atoms with Crippen molar-refractivity contribution in [3.63, 3.8) is 0 Å². The molecule has 0 fully saturated rings. The fourth-order valence-electron chi connectivity index (χ4n) is 2.64. The zero-order valence-corrected chi connectivity index (χ0v) is 16.6. The van der Waals surface area contributed by atoms with E-state index in [1.807, 2.05) is 50.2 Å². The van der Waals surface area contributed by atoms with Crippen LogP contribution in [0.15, 0.2) is 41.3 Å². The van der Waals surface area contributed by atoms with Crippen LogP contribution in [-0.2, 0) is 9.59 Å². The summed E-state index contributed by atoms with van der Waals surface area (Å²) in [5.41, 5.74) is 6.84. The number of amides is 2. The minimum absolute atomic E-state index is 0.151. The van der Waals surface area contributed by atoms with Crippen LogP contribution in [0.25, 0.3) is 0 Å². The Balaban J connectivity index is 1.38. The van der Waals surface area contributed by atoms with E-state index in [1.54, 1.807) is 0 Å². The lowest BCUT2D eigenvalue weighted by Crippen LogP contribution is -2.44. The van der Waals surface area contributed by atoms with E-state index in [1.165, 1.54) is 11.8 Å². The molecule has 0 unspecified atom stereocenters. The first-order chi connectivity index (χ1) is 13.5. The van der Waals surface area contributed by atoms with Crippen LogP contribution in [-0.4, -0.2) is 37.4 Å². The van der Waals surface area contributed by atoms with Crippen molar-refractivity contribution in [2.75, 3.05) is 25.6 Å². The van der Waals surface area contributed by atoms with Gasteiger partial charge in [0.15, 0.2) is 18.1 Å². The van der Waals surface area contributed by atoms with E-state index in [4.69, 9.17) is 14.2 Å². The number of ether oxygens (including phenoxy) is 3. The maximum absolute atomic E-state index is 11.9. The van der Waals surface area contributed by atoms with E-state index in [2.05, 4.69) is 10.9 Å². The summed E-state index contributed by atoms with van der Waals surface area (Å²) in [7, 11) is 0. The quantitative estimate of drug-likeness (QED) is 0.570. The third-order valence-corrected chi connectivity index (χ3v) is 4.78. The number of carbonyl (C=O) groups is 2. The Kier molecular flexibility index (Phi) is 6.65. The zero-order chi connectivity index (χ0) is 19.9. The molecule has 2 aromatic rings. The van der Waals surface area contributed by atoms with Crippen molar-refractivity contribution < 1.29 is 23.8 Å². The van der Waals surface area contributed by atoms with Gasteiger partial charge in [-0.25, -0.2) is 0 Å². The van der Waals surface area contributed by atoms with Crippen LogP contribution in [0.2, 0.25) is 0 Å². The van der Waals surface area contributed by atoms with E-state index in [9.17, 15) is 9.59 Å². The highest BCUT2D eigenvalue weighted by atomic mass is 32.2. The second kappa shape index (κ2) is 9.36. The lowest BCUT2D eigenvalue weighted by atomic mass is 10.1. The van der Waals surface area contributed by atoms with Gasteiger partial charge in [-0.15, -0.1) is 11.8 Å². The first kappa shape index (κ1) is 19.9. The van der Waals surface area contributed by atoms with Crippen LogP contribution in [0.1, 0.15) is 11.1 Å². The molecular weight excluding hydrogens is 380 g/mol. The molecule has 2 N–H and O–H groups in total. The van der Waals surface area contributed by atoms with Crippen molar-refractivity contribution in [1.29, 1.82) is 0 Å². The molecule has 1 aliphatic heterocycles. The summed E-state index contributed by atoms with van der Waals surface area (Å²) in [6, 6.07) is 11.2. The molecule has 0 bridgehead atoms. The van der Waals surface area contributed by atoms with Gasteiger partial charge < -0.3 is 14.2 Å². The molecule has 1 aliphatic rings. The largest absolute Gasteiger partial charge is 0.486 e. The maximum Gasteiger partial charge on any atom is 0.276 e. The highest BCUT2D eigenvalue weighted by Crippen LogP contribution is 2.34. The van der Waals surface area contributed by atoms with Crippen LogP contribution in [0.5, 0.6) is 17.2 Å². The average molecular weight is 402 g/mol. The fourth-order valence-corrected chi connectivity index (χ4v) is 3.36. The number of hydrazine groups is 1. The first-order valence-corrected chi connectivity index (χ1v) is 9.79. The molecule has 7 nitrogen and oxygen atoms in total. The molecule has 0 radical (unpaired) electrons. The monoisotopic (exact) mass is 402 g/mol. The molecule has 8 heteroatoms. The van der Waals surface area contributed by atoms with Crippen molar-refractivity contribution in [3.8, 4) is 17.2 Å². The number of aryl methyl sites for hydroxylation is 2. The highest BCUT2D eigenvalue weighted by molar-refractivity contribution is 8.00. The van der Waals surface area contributed by atoms with Gasteiger partial charge >= 0.3 is 0 Å². The van der Waals surface area contributed by atoms with E-state index in [0.29, 0.717) is 30.5 Å². The molecule has 2 amide bonds. The van der Waals surface area contributed by atoms with Gasteiger partial charge in [0.1, 0.15) is 19.0 Å². The summed E-state index contributed by atoms with van der Waals surface area (Å²) in [5.74, 6) is 1.40. The summed E-state index contributed by atoms with van der Waals surface area (Å²) in [6.45, 7) is 4.78. The lowest BCUT2D eigenvalue weighted by molar-refractivity contribution is -0.128. The lowest BCUT2D eigenvalue weighted by Gasteiger charge is -2.18. The number of fused-ring (bicyclic) bond motifs is 1. The Labute approximate surface area is 167 Å². The predicted molar refractivity (Wildman–Crippen MR) is 106 cm³/mol. The molecule has 3 rings (SSSR count). The Hall–Kier alpha value is -2.87. The summed E-state index contributed by atoms with van der Waals surface area (Å²) >= 11 is 1.34. The summed E-state index contributed by atoms with van der Waals surface area (Å²) in [6.07, 6.45) is 0. The smallest absolute Gasteiger partial charge is 0.276 e. The van der Waals surface area contributed by atoms with Crippen molar-refractivity contribution in [2.24, 2.45) is 0 Å². The van der Waals surface area contributed by atoms with Crippen molar-refractivity contribution in [1.82, 2.24) is 10.9 Å². The highest BCUT2D eigenvalue weighted by Gasteiger charge is 2.13. The summed E-state index contributed by atoms with van der Waals surface area (Å²) in [5, 5.41) is 0. The van der Waals surface area contributed by atoms with Gasteiger partial charge in [-0.1, -0.05) is 6.07 Å². The molecular formula is C20H22N2O5S. The Morgan fingerprint density at radius 2 is 1.64 bits per heavy atom. The predicted octanol–water partition coefficient (Wildman–Crippen LogP) is 2.39. The number of rotatable bonds is 6. The summed E-state index contributed by atoms with van der Waals surface area (Å²) in [4.78, 5) is 24.6. The molecule has 148 valence electrons. The number of hydrogen-bond acceptors (Lipinski definition) is 6. The fraction of sp³-hybridized carbons (Fsp3) is 0.300. The molecule has 1 heterocycles. The molecule has 0 saturated heterocycles. The van der Waals surface area contributed by atoms with E-state index in [-0.39, 0.29) is 18.3 Å². The SMILES string of the molecule is Cc1cc(C)cc(OCC(=O)NNC(=O)CSc2ccc3c(c2)OCCO3)c1. The van der Waals surface area contributed by atoms with Crippen LogP contribution in [0.4, 0.5) is 0 Å². The molecule has 0 atom stereocenters. The number of thioether (sulfide) groups is 1. The van der Waals surface area contributed by atoms with Gasteiger partial charge in [-0.05, 0) is 55.3 Å². The van der Waals surface area contributed by atoms with Crippen molar-refractivity contribution in [3.05, 3.63) is 47.5 Å². The molecule has 0 aliphatic carbocycles. The number of hydrogen-bond donors (Lipinski definition) is 2. The van der Waals surface area contributed by atoms with Gasteiger partial charge in [0, 0.05) is 4.90 Å².